The summed E-state index contributed by atoms with van der Waals surface area (Å²) in [5.74, 6) is -0.612. The molecule has 0 radical (unpaired) electrons. The normalized spacial score (nSPS) is 13.2. The number of hydrogen-bond donors (Lipinski definition) is 3. The van der Waals surface area contributed by atoms with Crippen LogP contribution in [0.1, 0.15) is 42.6 Å². The number of hydrogen-bond acceptors (Lipinski definition) is 8. The van der Waals surface area contributed by atoms with Crippen molar-refractivity contribution in [2.24, 2.45) is 5.92 Å². The van der Waals surface area contributed by atoms with Crippen molar-refractivity contribution < 1.29 is 28.6 Å². The number of imidazole rings is 1. The maximum atomic E-state index is 14.4. The molecule has 1 aromatic carbocycles. The van der Waals surface area contributed by atoms with E-state index in [2.05, 4.69) is 25.7 Å². The lowest BCUT2D eigenvalue weighted by Gasteiger charge is -2.14. The first-order chi connectivity index (χ1) is 19.1. The number of aliphatic hydroxyl groups is 1. The molecule has 40 heavy (non-hydrogen) atoms. The predicted molar refractivity (Wildman–Crippen MR) is 143 cm³/mol. The summed E-state index contributed by atoms with van der Waals surface area (Å²) in [6.45, 7) is 3.24. The third kappa shape index (κ3) is 6.01. The van der Waals surface area contributed by atoms with Crippen LogP contribution in [0.2, 0.25) is 0 Å². The Bertz CT molecular complexity index is 1580. The van der Waals surface area contributed by atoms with Crippen LogP contribution in [0, 0.1) is 11.7 Å². The first-order valence-electron chi connectivity index (χ1n) is 12.8. The van der Waals surface area contributed by atoms with Crippen LogP contribution in [0.3, 0.4) is 0 Å². The first kappa shape index (κ1) is 27.0. The number of ether oxygens (including phenoxy) is 2. The van der Waals surface area contributed by atoms with Crippen molar-refractivity contribution in [1.29, 1.82) is 0 Å². The molecule has 5 rings (SSSR count). The van der Waals surface area contributed by atoms with E-state index in [0.717, 1.165) is 12.8 Å². The summed E-state index contributed by atoms with van der Waals surface area (Å²) in [5, 5.41) is 19.7. The lowest BCUT2D eigenvalue weighted by atomic mass is 10.1. The van der Waals surface area contributed by atoms with Crippen molar-refractivity contribution in [3.63, 3.8) is 0 Å². The van der Waals surface area contributed by atoms with Gasteiger partial charge in [-0.1, -0.05) is 12.1 Å². The van der Waals surface area contributed by atoms with Gasteiger partial charge in [0.05, 0.1) is 25.6 Å². The molecular weight excluding hydrogens is 519 g/mol. The number of methoxy groups -OCH3 is 1. The predicted octanol–water partition coefficient (Wildman–Crippen LogP) is 3.37. The van der Waals surface area contributed by atoms with Crippen LogP contribution in [-0.4, -0.2) is 55.8 Å². The van der Waals surface area contributed by atoms with Gasteiger partial charge in [-0.25, -0.2) is 18.9 Å². The molecule has 0 spiro atoms. The van der Waals surface area contributed by atoms with Gasteiger partial charge in [-0.15, -0.1) is 0 Å². The van der Waals surface area contributed by atoms with E-state index in [0.29, 0.717) is 35.0 Å². The number of anilines is 1. The Morgan fingerprint density at radius 3 is 2.75 bits per heavy atom. The molecule has 1 aliphatic carbocycles. The number of nitrogens with zero attached hydrogens (tertiary/aromatic N) is 4. The van der Waals surface area contributed by atoms with E-state index in [9.17, 15) is 19.1 Å². The van der Waals surface area contributed by atoms with Gasteiger partial charge >= 0.3 is 0 Å². The zero-order chi connectivity index (χ0) is 28.4. The average Bonchev–Trinajstić information content (AvgIpc) is 3.67. The highest BCUT2D eigenvalue weighted by molar-refractivity contribution is 5.97. The lowest BCUT2D eigenvalue weighted by Crippen LogP contribution is -2.36. The SMILES string of the molecule is COc1ncc(-c2ccc3nc(NC(=O)C(C)(C)O)cn3n2)cc1C(=O)NCc1cccc(F)c1OCC1CC1. The van der Waals surface area contributed by atoms with E-state index in [4.69, 9.17) is 9.47 Å². The minimum absolute atomic E-state index is 0.0440. The van der Waals surface area contributed by atoms with Gasteiger partial charge in [-0.2, -0.15) is 5.10 Å². The van der Waals surface area contributed by atoms with Crippen molar-refractivity contribution in [3.8, 4) is 22.9 Å². The fraction of sp³-hybridized carbons (Fsp3) is 0.321. The van der Waals surface area contributed by atoms with Crippen molar-refractivity contribution in [2.75, 3.05) is 19.0 Å². The highest BCUT2D eigenvalue weighted by Crippen LogP contribution is 2.31. The van der Waals surface area contributed by atoms with E-state index >= 15 is 0 Å². The fourth-order valence-corrected chi connectivity index (χ4v) is 3.89. The molecule has 2 amide bonds. The van der Waals surface area contributed by atoms with Crippen LogP contribution in [0.15, 0.2) is 48.8 Å². The van der Waals surface area contributed by atoms with Gasteiger partial charge in [0.15, 0.2) is 23.0 Å². The molecule has 0 atom stereocenters. The number of carbonyl (C=O) groups excluding carboxylic acids is 2. The smallest absolute Gasteiger partial charge is 0.257 e. The molecule has 0 saturated heterocycles. The first-order valence-corrected chi connectivity index (χ1v) is 12.8. The van der Waals surface area contributed by atoms with E-state index in [1.807, 2.05) is 0 Å². The number of amides is 2. The maximum absolute atomic E-state index is 14.4. The number of pyridine rings is 1. The van der Waals surface area contributed by atoms with Gasteiger partial charge in [0.2, 0.25) is 5.88 Å². The number of halogens is 1. The zero-order valence-corrected chi connectivity index (χ0v) is 22.3. The molecule has 11 nitrogen and oxygen atoms in total. The number of para-hydroxylation sites is 1. The van der Waals surface area contributed by atoms with Gasteiger partial charge in [-0.05, 0) is 56.9 Å². The van der Waals surface area contributed by atoms with E-state index in [1.54, 1.807) is 30.3 Å². The molecule has 1 fully saturated rings. The molecule has 0 bridgehead atoms. The number of nitrogens with one attached hydrogen (secondary N) is 2. The minimum Gasteiger partial charge on any atom is -0.490 e. The quantitative estimate of drug-likeness (QED) is 0.274. The topological polar surface area (TPSA) is 140 Å². The zero-order valence-electron chi connectivity index (χ0n) is 22.3. The third-order valence-electron chi connectivity index (χ3n) is 6.35. The Kier molecular flexibility index (Phi) is 7.35. The molecular formula is C28H29FN6O5. The van der Waals surface area contributed by atoms with Crippen LogP contribution >= 0.6 is 0 Å². The fourth-order valence-electron chi connectivity index (χ4n) is 3.89. The van der Waals surface area contributed by atoms with Gasteiger partial charge < -0.3 is 25.2 Å². The summed E-state index contributed by atoms with van der Waals surface area (Å²) >= 11 is 0. The molecule has 4 aromatic rings. The average molecular weight is 549 g/mol. The maximum Gasteiger partial charge on any atom is 0.257 e. The monoisotopic (exact) mass is 548 g/mol. The van der Waals surface area contributed by atoms with Crippen LogP contribution in [0.25, 0.3) is 16.9 Å². The second kappa shape index (κ2) is 10.9. The largest absolute Gasteiger partial charge is 0.490 e. The minimum atomic E-state index is -1.57. The molecule has 3 aromatic heterocycles. The van der Waals surface area contributed by atoms with Crippen LogP contribution in [0.5, 0.6) is 11.6 Å². The van der Waals surface area contributed by atoms with Crippen LogP contribution in [0.4, 0.5) is 10.2 Å². The number of carbonyl (C=O) groups is 2. The Labute approximate surface area is 229 Å². The summed E-state index contributed by atoms with van der Waals surface area (Å²) in [6, 6.07) is 9.60. The summed E-state index contributed by atoms with van der Waals surface area (Å²) in [5.41, 5.74) is 0.599. The molecule has 12 heteroatoms. The van der Waals surface area contributed by atoms with Crippen LogP contribution in [-0.2, 0) is 11.3 Å². The highest BCUT2D eigenvalue weighted by Gasteiger charge is 2.25. The van der Waals surface area contributed by atoms with E-state index in [-0.39, 0.29) is 29.6 Å². The van der Waals surface area contributed by atoms with E-state index in [1.165, 1.54) is 43.9 Å². The molecule has 0 aliphatic heterocycles. The van der Waals surface area contributed by atoms with Crippen molar-refractivity contribution in [3.05, 3.63) is 65.7 Å². The summed E-state index contributed by atoms with van der Waals surface area (Å²) in [6.07, 6.45) is 5.18. The number of benzene rings is 1. The molecule has 3 heterocycles. The molecule has 208 valence electrons. The second-order valence-corrected chi connectivity index (χ2v) is 10.1. The number of fused-ring (bicyclic) bond motifs is 1. The molecule has 0 unspecified atom stereocenters. The van der Waals surface area contributed by atoms with Gasteiger partial charge in [0, 0.05) is 23.9 Å². The standard InChI is InChI=1S/C28H29FN6O5/c1-28(2,38)27(37)33-22-14-35-23(32-22)10-9-21(34-35)18-11-19(26(39-3)31-13-18)25(36)30-12-17-5-4-6-20(29)24(17)40-15-16-7-8-16/h4-6,9-11,13-14,16,38H,7-8,12,15H2,1-3H3,(H,30,36)(H,33,37). The highest BCUT2D eigenvalue weighted by atomic mass is 19.1. The van der Waals surface area contributed by atoms with Gasteiger partial charge in [-0.3, -0.25) is 9.59 Å². The Balaban J connectivity index is 1.35. The van der Waals surface area contributed by atoms with E-state index < -0.39 is 23.2 Å². The lowest BCUT2D eigenvalue weighted by molar-refractivity contribution is -0.130. The number of aromatic nitrogens is 4. The second-order valence-electron chi connectivity index (χ2n) is 10.1. The summed E-state index contributed by atoms with van der Waals surface area (Å²) in [4.78, 5) is 33.8. The van der Waals surface area contributed by atoms with Crippen molar-refractivity contribution in [2.45, 2.75) is 38.8 Å². The number of rotatable bonds is 10. The molecule has 1 saturated carbocycles. The van der Waals surface area contributed by atoms with Crippen LogP contribution < -0.4 is 20.1 Å². The molecule has 1 aliphatic rings. The Hall–Kier alpha value is -4.58. The third-order valence-corrected chi connectivity index (χ3v) is 6.35. The van der Waals surface area contributed by atoms with Gasteiger partial charge in [0.25, 0.3) is 11.8 Å². The summed E-state index contributed by atoms with van der Waals surface area (Å²) in [7, 11) is 1.41. The van der Waals surface area contributed by atoms with Crippen molar-refractivity contribution in [1.82, 2.24) is 24.9 Å². The Morgan fingerprint density at radius 2 is 2.02 bits per heavy atom. The summed E-state index contributed by atoms with van der Waals surface area (Å²) < 4.78 is 26.9. The van der Waals surface area contributed by atoms with Gasteiger partial charge in [0.1, 0.15) is 11.2 Å². The van der Waals surface area contributed by atoms with Crippen molar-refractivity contribution >= 4 is 23.3 Å². The molecule has 3 N–H and O–H groups in total. The Morgan fingerprint density at radius 1 is 1.23 bits per heavy atom.